The van der Waals surface area contributed by atoms with Gasteiger partial charge in [0.1, 0.15) is 0 Å². The van der Waals surface area contributed by atoms with Crippen LogP contribution in [0.2, 0.25) is 0 Å². The Morgan fingerprint density at radius 3 is 2.22 bits per heavy atom. The molecule has 0 bridgehead atoms. The van der Waals surface area contributed by atoms with Crippen molar-refractivity contribution in [2.24, 2.45) is 5.73 Å². The summed E-state index contributed by atoms with van der Waals surface area (Å²) in [6.45, 7) is 2.08. The van der Waals surface area contributed by atoms with Crippen molar-refractivity contribution in [3.05, 3.63) is 29.8 Å². The average molecular weight is 300 g/mol. The lowest BCUT2D eigenvalue weighted by molar-refractivity contribution is -0.0328. The van der Waals surface area contributed by atoms with Gasteiger partial charge in [0.25, 0.3) is 0 Å². The molecular formula is C12H17ClF3NS. The fourth-order valence-corrected chi connectivity index (χ4v) is 2.05. The molecule has 1 aromatic carbocycles. The van der Waals surface area contributed by atoms with Gasteiger partial charge in [0, 0.05) is 10.9 Å². The van der Waals surface area contributed by atoms with Crippen LogP contribution in [0.5, 0.6) is 0 Å². The van der Waals surface area contributed by atoms with Gasteiger partial charge in [-0.05, 0) is 35.9 Å². The molecule has 0 heterocycles. The van der Waals surface area contributed by atoms with E-state index < -0.39 is 5.51 Å². The highest BCUT2D eigenvalue weighted by atomic mass is 35.5. The summed E-state index contributed by atoms with van der Waals surface area (Å²) in [6.07, 6.45) is 2.96. The molecule has 2 N–H and O–H groups in total. The molecule has 0 saturated heterocycles. The van der Waals surface area contributed by atoms with Crippen molar-refractivity contribution < 1.29 is 13.2 Å². The third kappa shape index (κ3) is 6.52. The summed E-state index contributed by atoms with van der Waals surface area (Å²) in [5.41, 5.74) is 2.59. The van der Waals surface area contributed by atoms with Crippen molar-refractivity contribution >= 4 is 24.2 Å². The highest BCUT2D eigenvalue weighted by Crippen LogP contribution is 2.37. The van der Waals surface area contributed by atoms with Gasteiger partial charge in [-0.3, -0.25) is 0 Å². The van der Waals surface area contributed by atoms with Crippen LogP contribution in [0.15, 0.2) is 29.2 Å². The normalized spacial score (nSPS) is 12.9. The standard InChI is InChI=1S/C12H16F3NS.ClH/c1-2-3-4-11(16)9-5-7-10(8-6-9)17-12(13,14)15;/h5-8,11H,2-4,16H2,1H3;1H/t11-;/m0./s1. The Kier molecular flexibility index (Phi) is 7.75. The largest absolute Gasteiger partial charge is 0.446 e. The Hall–Kier alpha value is -0.390. The van der Waals surface area contributed by atoms with Crippen LogP contribution in [0.1, 0.15) is 37.8 Å². The predicted octanol–water partition coefficient (Wildman–Crippen LogP) is 4.91. The molecule has 1 nitrogen and oxygen atoms in total. The van der Waals surface area contributed by atoms with Crippen LogP contribution in [0.4, 0.5) is 13.2 Å². The number of nitrogens with two attached hydrogens (primary N) is 1. The predicted molar refractivity (Wildman–Crippen MR) is 72.1 cm³/mol. The molecule has 0 unspecified atom stereocenters. The molecule has 0 fully saturated rings. The number of hydrogen-bond donors (Lipinski definition) is 1. The monoisotopic (exact) mass is 299 g/mol. The summed E-state index contributed by atoms with van der Waals surface area (Å²) >= 11 is -0.102. The maximum atomic E-state index is 12.1. The van der Waals surface area contributed by atoms with Crippen LogP contribution in [-0.2, 0) is 0 Å². The lowest BCUT2D eigenvalue weighted by atomic mass is 10.0. The average Bonchev–Trinajstić information content (AvgIpc) is 2.24. The number of unbranched alkanes of at least 4 members (excludes halogenated alkanes) is 1. The first-order valence-corrected chi connectivity index (χ1v) is 6.35. The minimum atomic E-state index is -4.23. The van der Waals surface area contributed by atoms with Crippen molar-refractivity contribution in [2.75, 3.05) is 0 Å². The van der Waals surface area contributed by atoms with E-state index in [1.165, 1.54) is 12.1 Å². The highest BCUT2D eigenvalue weighted by Gasteiger charge is 2.29. The quantitative estimate of drug-likeness (QED) is 0.782. The molecule has 1 rings (SSSR count). The van der Waals surface area contributed by atoms with E-state index in [0.717, 1.165) is 24.8 Å². The van der Waals surface area contributed by atoms with E-state index in [9.17, 15) is 13.2 Å². The number of halogens is 4. The number of hydrogen-bond acceptors (Lipinski definition) is 2. The zero-order chi connectivity index (χ0) is 12.9. The first-order chi connectivity index (χ1) is 7.92. The molecule has 0 radical (unpaired) electrons. The van der Waals surface area contributed by atoms with E-state index in [0.29, 0.717) is 0 Å². The van der Waals surface area contributed by atoms with Crippen LogP contribution in [0.3, 0.4) is 0 Å². The van der Waals surface area contributed by atoms with Gasteiger partial charge in [-0.15, -0.1) is 12.4 Å². The van der Waals surface area contributed by atoms with Crippen molar-refractivity contribution in [3.8, 4) is 0 Å². The van der Waals surface area contributed by atoms with Crippen molar-refractivity contribution in [2.45, 2.75) is 42.6 Å². The molecule has 18 heavy (non-hydrogen) atoms. The second-order valence-corrected chi connectivity index (χ2v) is 5.00. The number of alkyl halides is 3. The minimum absolute atomic E-state index is 0. The third-order valence-corrected chi connectivity index (χ3v) is 3.15. The molecule has 0 amide bonds. The second-order valence-electron chi connectivity index (χ2n) is 3.87. The number of benzene rings is 1. The summed E-state index contributed by atoms with van der Waals surface area (Å²) in [4.78, 5) is 0.198. The van der Waals surface area contributed by atoms with Crippen LogP contribution < -0.4 is 5.73 Å². The Labute approximate surface area is 116 Å². The SMILES string of the molecule is CCCC[C@H](N)c1ccc(SC(F)(F)F)cc1.Cl. The molecule has 1 atom stereocenters. The van der Waals surface area contributed by atoms with Crippen LogP contribution in [-0.4, -0.2) is 5.51 Å². The smallest absolute Gasteiger partial charge is 0.324 e. The molecular weight excluding hydrogens is 283 g/mol. The maximum absolute atomic E-state index is 12.1. The van der Waals surface area contributed by atoms with E-state index >= 15 is 0 Å². The topological polar surface area (TPSA) is 26.0 Å². The first kappa shape index (κ1) is 17.6. The van der Waals surface area contributed by atoms with E-state index in [1.807, 2.05) is 0 Å². The Balaban J connectivity index is 0.00000289. The molecule has 0 spiro atoms. The van der Waals surface area contributed by atoms with Crippen LogP contribution in [0, 0.1) is 0 Å². The molecule has 0 saturated carbocycles. The van der Waals surface area contributed by atoms with E-state index in [-0.39, 0.29) is 35.1 Å². The fourth-order valence-electron chi connectivity index (χ4n) is 1.51. The lowest BCUT2D eigenvalue weighted by Gasteiger charge is -2.12. The van der Waals surface area contributed by atoms with Crippen molar-refractivity contribution in [1.29, 1.82) is 0 Å². The minimum Gasteiger partial charge on any atom is -0.324 e. The molecule has 104 valence electrons. The zero-order valence-corrected chi connectivity index (χ0v) is 11.7. The number of thioether (sulfide) groups is 1. The van der Waals surface area contributed by atoms with Crippen molar-refractivity contribution in [1.82, 2.24) is 0 Å². The zero-order valence-electron chi connectivity index (χ0n) is 10.0. The Bertz CT molecular complexity index is 340. The molecule has 0 aliphatic carbocycles. The molecule has 0 aliphatic rings. The van der Waals surface area contributed by atoms with E-state index in [2.05, 4.69) is 6.92 Å². The summed E-state index contributed by atoms with van der Waals surface area (Å²) in [6, 6.07) is 6.21. The first-order valence-electron chi connectivity index (χ1n) is 5.53. The van der Waals surface area contributed by atoms with Gasteiger partial charge in [-0.1, -0.05) is 31.9 Å². The summed E-state index contributed by atoms with van der Waals surface area (Å²) in [7, 11) is 0. The molecule has 1 aromatic rings. The van der Waals surface area contributed by atoms with Gasteiger partial charge in [-0.25, -0.2) is 0 Å². The Morgan fingerprint density at radius 2 is 1.78 bits per heavy atom. The lowest BCUT2D eigenvalue weighted by Crippen LogP contribution is -2.09. The second kappa shape index (κ2) is 7.92. The van der Waals surface area contributed by atoms with Gasteiger partial charge < -0.3 is 5.73 Å². The van der Waals surface area contributed by atoms with Gasteiger partial charge >= 0.3 is 5.51 Å². The molecule has 6 heteroatoms. The third-order valence-electron chi connectivity index (χ3n) is 2.41. The Morgan fingerprint density at radius 1 is 1.22 bits per heavy atom. The van der Waals surface area contributed by atoms with Crippen molar-refractivity contribution in [3.63, 3.8) is 0 Å². The summed E-state index contributed by atoms with van der Waals surface area (Å²) < 4.78 is 36.3. The maximum Gasteiger partial charge on any atom is 0.446 e. The summed E-state index contributed by atoms with van der Waals surface area (Å²) in [5.74, 6) is 0. The van der Waals surface area contributed by atoms with Gasteiger partial charge in [0.15, 0.2) is 0 Å². The van der Waals surface area contributed by atoms with E-state index in [1.54, 1.807) is 12.1 Å². The highest BCUT2D eigenvalue weighted by molar-refractivity contribution is 8.00. The van der Waals surface area contributed by atoms with Crippen LogP contribution in [0.25, 0.3) is 0 Å². The summed E-state index contributed by atoms with van der Waals surface area (Å²) in [5, 5.41) is 0. The number of rotatable bonds is 5. The van der Waals surface area contributed by atoms with Gasteiger partial charge in [0.05, 0.1) is 0 Å². The van der Waals surface area contributed by atoms with Crippen LogP contribution >= 0.6 is 24.2 Å². The fraction of sp³-hybridized carbons (Fsp3) is 0.500. The van der Waals surface area contributed by atoms with E-state index in [4.69, 9.17) is 5.73 Å². The molecule has 0 aliphatic heterocycles. The van der Waals surface area contributed by atoms with Gasteiger partial charge in [-0.2, -0.15) is 13.2 Å². The molecule has 0 aromatic heterocycles. The van der Waals surface area contributed by atoms with Gasteiger partial charge in [0.2, 0.25) is 0 Å².